The molecule has 124 valence electrons. The molecule has 0 aliphatic heterocycles. The predicted octanol–water partition coefficient (Wildman–Crippen LogP) is 3.43. The van der Waals surface area contributed by atoms with E-state index in [0.29, 0.717) is 5.69 Å². The van der Waals surface area contributed by atoms with Crippen molar-refractivity contribution < 1.29 is 14.3 Å². The lowest BCUT2D eigenvalue weighted by atomic mass is 10.1. The van der Waals surface area contributed by atoms with Crippen molar-refractivity contribution in [1.82, 2.24) is 4.98 Å². The highest BCUT2D eigenvalue weighted by Gasteiger charge is 2.15. The lowest BCUT2D eigenvalue weighted by molar-refractivity contribution is -0.153. The molecule has 0 spiro atoms. The summed E-state index contributed by atoms with van der Waals surface area (Å²) in [5.41, 5.74) is 3.01. The van der Waals surface area contributed by atoms with Crippen molar-refractivity contribution in [3.05, 3.63) is 84.6 Å². The average molecular weight is 332 g/mol. The van der Waals surface area contributed by atoms with Gasteiger partial charge < -0.3 is 10.1 Å². The van der Waals surface area contributed by atoms with Gasteiger partial charge in [-0.1, -0.05) is 60.7 Å². The molecular formula is C20H16N2O3. The zero-order valence-electron chi connectivity index (χ0n) is 13.4. The molecule has 0 atom stereocenters. The summed E-state index contributed by atoms with van der Waals surface area (Å²) in [5.74, 6) is -1.76. The molecule has 0 fully saturated rings. The second-order valence-electron chi connectivity index (χ2n) is 5.31. The van der Waals surface area contributed by atoms with Gasteiger partial charge in [0.15, 0.2) is 0 Å². The first-order valence-electron chi connectivity index (χ1n) is 7.76. The van der Waals surface area contributed by atoms with E-state index < -0.39 is 11.9 Å². The van der Waals surface area contributed by atoms with Crippen molar-refractivity contribution in [2.75, 3.05) is 5.32 Å². The third kappa shape index (κ3) is 4.51. The molecule has 0 radical (unpaired) electrons. The van der Waals surface area contributed by atoms with Gasteiger partial charge in [-0.2, -0.15) is 0 Å². The maximum absolute atomic E-state index is 11.9. The number of nitrogens with zero attached hydrogens (tertiary/aromatic N) is 1. The molecule has 1 amide bonds. The van der Waals surface area contributed by atoms with Gasteiger partial charge in [0.2, 0.25) is 0 Å². The monoisotopic (exact) mass is 332 g/mol. The number of hydrogen-bond donors (Lipinski definition) is 1. The number of ether oxygens (including phenoxy) is 1. The molecule has 5 nitrogen and oxygen atoms in total. The first-order chi connectivity index (χ1) is 12.2. The number of amides is 1. The Hall–Kier alpha value is -3.47. The first kappa shape index (κ1) is 16.4. The summed E-state index contributed by atoms with van der Waals surface area (Å²) in [6, 6.07) is 22.3. The first-order valence-corrected chi connectivity index (χ1v) is 7.76. The molecule has 0 aliphatic carbocycles. The molecule has 1 N–H and O–H groups in total. The number of nitrogens with one attached hydrogen (secondary N) is 1. The Morgan fingerprint density at radius 3 is 2.20 bits per heavy atom. The normalized spacial score (nSPS) is 10.1. The highest BCUT2D eigenvalue weighted by atomic mass is 16.5. The number of esters is 1. The summed E-state index contributed by atoms with van der Waals surface area (Å²) in [7, 11) is 0. The van der Waals surface area contributed by atoms with Crippen molar-refractivity contribution in [2.24, 2.45) is 0 Å². The lowest BCUT2D eigenvalue weighted by Gasteiger charge is -2.07. The molecule has 2 aromatic carbocycles. The minimum Gasteiger partial charge on any atom is -0.454 e. The maximum atomic E-state index is 11.9. The molecule has 3 rings (SSSR count). The Morgan fingerprint density at radius 1 is 0.880 bits per heavy atom. The number of aromatic nitrogens is 1. The SMILES string of the molecule is O=C(Nc1ccc(-c2ccccc2)nc1)C(=O)OCc1ccccc1. The fraction of sp³-hybridized carbons (Fsp3) is 0.0500. The Morgan fingerprint density at radius 2 is 1.56 bits per heavy atom. The van der Waals surface area contributed by atoms with E-state index in [1.54, 1.807) is 12.1 Å². The van der Waals surface area contributed by atoms with Crippen LogP contribution >= 0.6 is 0 Å². The van der Waals surface area contributed by atoms with Crippen LogP contribution in [-0.4, -0.2) is 16.9 Å². The largest absolute Gasteiger partial charge is 0.454 e. The molecule has 1 aromatic heterocycles. The summed E-state index contributed by atoms with van der Waals surface area (Å²) in [5, 5.41) is 2.48. The summed E-state index contributed by atoms with van der Waals surface area (Å²) in [6.45, 7) is 0.0539. The van der Waals surface area contributed by atoms with Crippen molar-refractivity contribution in [3.63, 3.8) is 0 Å². The van der Waals surface area contributed by atoms with Crippen LogP contribution in [0.1, 0.15) is 5.56 Å². The van der Waals surface area contributed by atoms with E-state index in [1.807, 2.05) is 60.7 Å². The average Bonchev–Trinajstić information content (AvgIpc) is 2.68. The molecule has 0 saturated heterocycles. The second kappa shape index (κ2) is 7.88. The summed E-state index contributed by atoms with van der Waals surface area (Å²) in [6.07, 6.45) is 1.50. The number of anilines is 1. The molecule has 3 aromatic rings. The van der Waals surface area contributed by atoms with Crippen LogP contribution in [-0.2, 0) is 20.9 Å². The fourth-order valence-corrected chi connectivity index (χ4v) is 2.22. The van der Waals surface area contributed by atoms with Crippen molar-refractivity contribution in [2.45, 2.75) is 6.61 Å². The Labute approximate surface area is 145 Å². The van der Waals surface area contributed by atoms with Crippen LogP contribution in [0.3, 0.4) is 0 Å². The van der Waals surface area contributed by atoms with Gasteiger partial charge in [-0.05, 0) is 17.7 Å². The van der Waals surface area contributed by atoms with Gasteiger partial charge in [0.1, 0.15) is 6.61 Å². The molecule has 1 heterocycles. The van der Waals surface area contributed by atoms with Crippen LogP contribution < -0.4 is 5.32 Å². The fourth-order valence-electron chi connectivity index (χ4n) is 2.22. The molecule has 0 bridgehead atoms. The number of carbonyl (C=O) groups excluding carboxylic acids is 2. The minimum atomic E-state index is -0.934. The van der Waals surface area contributed by atoms with Gasteiger partial charge in [-0.15, -0.1) is 0 Å². The second-order valence-corrected chi connectivity index (χ2v) is 5.31. The highest BCUT2D eigenvalue weighted by molar-refractivity contribution is 6.37. The van der Waals surface area contributed by atoms with Gasteiger partial charge in [0, 0.05) is 5.56 Å². The van der Waals surface area contributed by atoms with E-state index in [-0.39, 0.29) is 6.61 Å². The molecule has 0 saturated carbocycles. The zero-order chi connectivity index (χ0) is 17.5. The summed E-state index contributed by atoms with van der Waals surface area (Å²) < 4.78 is 4.98. The van der Waals surface area contributed by atoms with Gasteiger partial charge >= 0.3 is 11.9 Å². The lowest BCUT2D eigenvalue weighted by Crippen LogP contribution is -2.25. The molecule has 0 unspecified atom stereocenters. The molecule has 5 heteroatoms. The van der Waals surface area contributed by atoms with Crippen LogP contribution in [0.15, 0.2) is 79.0 Å². The highest BCUT2D eigenvalue weighted by Crippen LogP contribution is 2.17. The number of rotatable bonds is 4. The van der Waals surface area contributed by atoms with E-state index in [1.165, 1.54) is 6.20 Å². The van der Waals surface area contributed by atoms with E-state index in [2.05, 4.69) is 10.3 Å². The van der Waals surface area contributed by atoms with Gasteiger partial charge in [-0.3, -0.25) is 9.78 Å². The van der Waals surface area contributed by atoms with Gasteiger partial charge in [0.25, 0.3) is 0 Å². The molecule has 25 heavy (non-hydrogen) atoms. The topological polar surface area (TPSA) is 68.3 Å². The van der Waals surface area contributed by atoms with E-state index in [0.717, 1.165) is 16.8 Å². The van der Waals surface area contributed by atoms with Crippen LogP contribution in [0.4, 0.5) is 5.69 Å². The quantitative estimate of drug-likeness (QED) is 0.587. The molecule has 0 aliphatic rings. The van der Waals surface area contributed by atoms with Crippen LogP contribution in [0.2, 0.25) is 0 Å². The maximum Gasteiger partial charge on any atom is 0.397 e. The number of benzene rings is 2. The van der Waals surface area contributed by atoms with E-state index >= 15 is 0 Å². The Kier molecular flexibility index (Phi) is 5.16. The third-order valence-corrected chi connectivity index (χ3v) is 3.49. The standard InChI is InChI=1S/C20H16N2O3/c23-19(20(24)25-14-15-7-3-1-4-8-15)22-17-11-12-18(21-13-17)16-9-5-2-6-10-16/h1-13H,14H2,(H,22,23). The van der Waals surface area contributed by atoms with Gasteiger partial charge in [-0.25, -0.2) is 4.79 Å². The number of hydrogen-bond acceptors (Lipinski definition) is 4. The molecular weight excluding hydrogens is 316 g/mol. The Bertz CT molecular complexity index is 847. The summed E-state index contributed by atoms with van der Waals surface area (Å²) >= 11 is 0. The van der Waals surface area contributed by atoms with E-state index in [4.69, 9.17) is 4.74 Å². The van der Waals surface area contributed by atoms with Crippen LogP contribution in [0.25, 0.3) is 11.3 Å². The zero-order valence-corrected chi connectivity index (χ0v) is 13.4. The third-order valence-electron chi connectivity index (χ3n) is 3.49. The van der Waals surface area contributed by atoms with Crippen molar-refractivity contribution in [3.8, 4) is 11.3 Å². The van der Waals surface area contributed by atoms with Crippen molar-refractivity contribution in [1.29, 1.82) is 0 Å². The predicted molar refractivity (Wildman–Crippen MR) is 94.5 cm³/mol. The van der Waals surface area contributed by atoms with E-state index in [9.17, 15) is 9.59 Å². The van der Waals surface area contributed by atoms with Crippen molar-refractivity contribution >= 4 is 17.6 Å². The van der Waals surface area contributed by atoms with Crippen LogP contribution in [0.5, 0.6) is 0 Å². The van der Waals surface area contributed by atoms with Gasteiger partial charge in [0.05, 0.1) is 17.6 Å². The minimum absolute atomic E-state index is 0.0539. The van der Waals surface area contributed by atoms with Crippen LogP contribution in [0, 0.1) is 0 Å². The number of carbonyl (C=O) groups is 2. The summed E-state index contributed by atoms with van der Waals surface area (Å²) in [4.78, 5) is 27.9. The Balaban J connectivity index is 1.56. The number of pyridine rings is 1. The smallest absolute Gasteiger partial charge is 0.397 e.